The highest BCUT2D eigenvalue weighted by atomic mass is 35.5. The number of hydrazone groups is 1. The van der Waals surface area contributed by atoms with Crippen molar-refractivity contribution in [2.45, 2.75) is 18.7 Å². The highest BCUT2D eigenvalue weighted by Gasteiger charge is 2.43. The van der Waals surface area contributed by atoms with E-state index in [-0.39, 0.29) is 11.8 Å². The van der Waals surface area contributed by atoms with Gasteiger partial charge in [0.2, 0.25) is 5.78 Å². The van der Waals surface area contributed by atoms with E-state index in [4.69, 9.17) is 37.8 Å². The molecular formula is C24H18Cl2N2O3. The van der Waals surface area contributed by atoms with Crippen molar-refractivity contribution in [2.75, 3.05) is 7.11 Å². The van der Waals surface area contributed by atoms with E-state index in [2.05, 4.69) is 0 Å². The number of halogens is 2. The summed E-state index contributed by atoms with van der Waals surface area (Å²) in [6.07, 6.45) is -0.247. The smallest absolute Gasteiger partial charge is 0.251 e. The molecule has 3 aromatic carbocycles. The Morgan fingerprint density at radius 2 is 1.74 bits per heavy atom. The second kappa shape index (κ2) is 7.91. The summed E-state index contributed by atoms with van der Waals surface area (Å²) in [5.41, 5.74) is 3.27. The summed E-state index contributed by atoms with van der Waals surface area (Å²) in [4.78, 5) is 13.3. The molecule has 7 heteroatoms. The number of hydrogen-bond donors (Lipinski definition) is 0. The lowest BCUT2D eigenvalue weighted by Crippen LogP contribution is -2.45. The van der Waals surface area contributed by atoms with E-state index in [9.17, 15) is 4.79 Å². The molecule has 0 N–H and O–H groups in total. The van der Waals surface area contributed by atoms with Crippen molar-refractivity contribution in [2.24, 2.45) is 5.10 Å². The fourth-order valence-electron chi connectivity index (χ4n) is 3.95. The maximum atomic E-state index is 13.3. The van der Waals surface area contributed by atoms with Crippen LogP contribution in [0.3, 0.4) is 0 Å². The van der Waals surface area contributed by atoms with Crippen molar-refractivity contribution in [1.82, 2.24) is 5.01 Å². The number of rotatable bonds is 4. The highest BCUT2D eigenvalue weighted by molar-refractivity contribution is 6.31. The first-order valence-electron chi connectivity index (χ1n) is 9.79. The molecule has 3 aromatic rings. The Hall–Kier alpha value is -3.02. The molecule has 2 heterocycles. The number of carbonyl (C=O) groups excluding carboxylic acids is 1. The lowest BCUT2D eigenvalue weighted by atomic mass is 9.95. The summed E-state index contributed by atoms with van der Waals surface area (Å²) in [7, 11) is 1.63. The molecule has 0 spiro atoms. The molecule has 0 amide bonds. The SMILES string of the molecule is COc1ccc(C2=NN3[C@@H](C(=O)c4ccc(Cl)cc4)Oc4ccc(Cl)cc4[C@@H]3C2)cc1. The molecule has 5 nitrogen and oxygen atoms in total. The fourth-order valence-corrected chi connectivity index (χ4v) is 4.25. The minimum atomic E-state index is -0.879. The standard InChI is InChI=1S/C24H18Cl2N2O3/c1-30-18-9-4-14(5-10-18)20-13-21-19-12-17(26)8-11-22(19)31-24(28(21)27-20)23(29)15-2-6-16(25)7-3-15/h2-12,21,24H,13H2,1H3/t21-,24+/m0/s1. The van der Waals surface area contributed by atoms with Crippen LogP contribution in [0.5, 0.6) is 11.5 Å². The number of hydrogen-bond acceptors (Lipinski definition) is 5. The number of benzene rings is 3. The molecule has 2 aliphatic rings. The normalized spacial score (nSPS) is 19.2. The molecule has 2 aliphatic heterocycles. The van der Waals surface area contributed by atoms with Gasteiger partial charge in [-0.3, -0.25) is 4.79 Å². The first kappa shape index (κ1) is 19.9. The predicted octanol–water partition coefficient (Wildman–Crippen LogP) is 5.75. The number of fused-ring (bicyclic) bond motifs is 3. The van der Waals surface area contributed by atoms with E-state index < -0.39 is 6.23 Å². The maximum absolute atomic E-state index is 13.3. The molecule has 0 bridgehead atoms. The first-order chi connectivity index (χ1) is 15.0. The number of nitrogens with zero attached hydrogens (tertiary/aromatic N) is 2. The summed E-state index contributed by atoms with van der Waals surface area (Å²) < 4.78 is 11.4. The first-order valence-corrected chi connectivity index (χ1v) is 10.6. The quantitative estimate of drug-likeness (QED) is 0.472. The van der Waals surface area contributed by atoms with Gasteiger partial charge in [0.15, 0.2) is 0 Å². The summed E-state index contributed by atoms with van der Waals surface area (Å²) in [6, 6.07) is 19.8. The fraction of sp³-hybridized carbons (Fsp3) is 0.167. The van der Waals surface area contributed by atoms with Crippen LogP contribution in [0.1, 0.15) is 33.9 Å². The minimum absolute atomic E-state index is 0.152. The second-order valence-corrected chi connectivity index (χ2v) is 8.27. The van der Waals surface area contributed by atoms with Crippen LogP contribution in [0.2, 0.25) is 10.0 Å². The van der Waals surface area contributed by atoms with Crippen LogP contribution in [-0.2, 0) is 0 Å². The van der Waals surface area contributed by atoms with E-state index >= 15 is 0 Å². The lowest BCUT2D eigenvalue weighted by Gasteiger charge is -2.37. The van der Waals surface area contributed by atoms with Crippen LogP contribution >= 0.6 is 23.2 Å². The van der Waals surface area contributed by atoms with Gasteiger partial charge in [0.1, 0.15) is 11.5 Å². The predicted molar refractivity (Wildman–Crippen MR) is 120 cm³/mol. The van der Waals surface area contributed by atoms with E-state index in [1.165, 1.54) is 0 Å². The van der Waals surface area contributed by atoms with Crippen LogP contribution in [-0.4, -0.2) is 29.8 Å². The Kier molecular flexibility index (Phi) is 5.08. The van der Waals surface area contributed by atoms with Gasteiger partial charge in [0.05, 0.1) is 18.9 Å². The third-order valence-corrected chi connectivity index (χ3v) is 6.02. The Labute approximate surface area is 189 Å². The number of ether oxygens (including phenoxy) is 2. The van der Waals surface area contributed by atoms with Gasteiger partial charge in [-0.2, -0.15) is 5.10 Å². The van der Waals surface area contributed by atoms with Gasteiger partial charge in [-0.15, -0.1) is 0 Å². The molecule has 31 heavy (non-hydrogen) atoms. The molecule has 0 saturated heterocycles. The van der Waals surface area contributed by atoms with Gasteiger partial charge < -0.3 is 9.47 Å². The third kappa shape index (κ3) is 3.64. The molecule has 156 valence electrons. The van der Waals surface area contributed by atoms with Crippen molar-refractivity contribution in [1.29, 1.82) is 0 Å². The zero-order chi connectivity index (χ0) is 21.5. The van der Waals surface area contributed by atoms with Crippen LogP contribution in [0, 0.1) is 0 Å². The van der Waals surface area contributed by atoms with Gasteiger partial charge in [-0.1, -0.05) is 23.2 Å². The van der Waals surface area contributed by atoms with E-state index in [0.29, 0.717) is 27.8 Å². The van der Waals surface area contributed by atoms with Gasteiger partial charge in [-0.05, 0) is 72.3 Å². The maximum Gasteiger partial charge on any atom is 0.251 e. The number of methoxy groups -OCH3 is 1. The van der Waals surface area contributed by atoms with Crippen LogP contribution in [0.25, 0.3) is 0 Å². The van der Waals surface area contributed by atoms with Crippen molar-refractivity contribution in [3.05, 3.63) is 93.5 Å². The van der Waals surface area contributed by atoms with Gasteiger partial charge in [0.25, 0.3) is 6.23 Å². The highest BCUT2D eigenvalue weighted by Crippen LogP contribution is 2.44. The second-order valence-electron chi connectivity index (χ2n) is 7.40. The van der Waals surface area contributed by atoms with Crippen molar-refractivity contribution >= 4 is 34.7 Å². The average Bonchev–Trinajstić information content (AvgIpc) is 3.24. The molecule has 0 unspecified atom stereocenters. The molecule has 0 aliphatic carbocycles. The van der Waals surface area contributed by atoms with Crippen LogP contribution in [0.15, 0.2) is 71.8 Å². The number of carbonyl (C=O) groups is 1. The zero-order valence-corrected chi connectivity index (χ0v) is 18.1. The Bertz CT molecular complexity index is 1180. The summed E-state index contributed by atoms with van der Waals surface area (Å²) in [6.45, 7) is 0. The molecule has 0 radical (unpaired) electrons. The minimum Gasteiger partial charge on any atom is -0.497 e. The summed E-state index contributed by atoms with van der Waals surface area (Å²) >= 11 is 12.2. The zero-order valence-electron chi connectivity index (χ0n) is 16.6. The number of Topliss-reactive ketones (excluding diaryl/α,β-unsaturated/α-hetero) is 1. The molecular weight excluding hydrogens is 435 g/mol. The van der Waals surface area contributed by atoms with Gasteiger partial charge >= 0.3 is 0 Å². The number of ketones is 1. The van der Waals surface area contributed by atoms with Crippen molar-refractivity contribution in [3.8, 4) is 11.5 Å². The molecule has 5 rings (SSSR count). The van der Waals surface area contributed by atoms with Crippen molar-refractivity contribution in [3.63, 3.8) is 0 Å². The molecule has 0 fully saturated rings. The summed E-state index contributed by atoms with van der Waals surface area (Å²) in [5.74, 6) is 1.24. The Morgan fingerprint density at radius 3 is 2.45 bits per heavy atom. The van der Waals surface area contributed by atoms with Crippen molar-refractivity contribution < 1.29 is 14.3 Å². The van der Waals surface area contributed by atoms with Crippen LogP contribution in [0.4, 0.5) is 0 Å². The third-order valence-electron chi connectivity index (χ3n) is 5.53. The largest absolute Gasteiger partial charge is 0.497 e. The monoisotopic (exact) mass is 452 g/mol. The molecule has 0 saturated carbocycles. The van der Waals surface area contributed by atoms with E-state index in [1.807, 2.05) is 36.4 Å². The summed E-state index contributed by atoms with van der Waals surface area (Å²) in [5, 5.41) is 7.73. The van der Waals surface area contributed by atoms with Crippen LogP contribution < -0.4 is 9.47 Å². The molecule has 0 aromatic heterocycles. The van der Waals surface area contributed by atoms with E-state index in [1.54, 1.807) is 42.5 Å². The van der Waals surface area contributed by atoms with Gasteiger partial charge in [0, 0.05) is 27.6 Å². The topological polar surface area (TPSA) is 51.1 Å². The average molecular weight is 453 g/mol. The van der Waals surface area contributed by atoms with E-state index in [0.717, 1.165) is 22.6 Å². The Morgan fingerprint density at radius 1 is 1.03 bits per heavy atom. The van der Waals surface area contributed by atoms with Gasteiger partial charge in [-0.25, -0.2) is 5.01 Å². The molecule has 2 atom stereocenters. The lowest BCUT2D eigenvalue weighted by molar-refractivity contribution is -0.00455. The Balaban J connectivity index is 1.55.